The van der Waals surface area contributed by atoms with Crippen LogP contribution in [-0.2, 0) is 14.6 Å². The van der Waals surface area contributed by atoms with Gasteiger partial charge in [-0.3, -0.25) is 9.69 Å². The van der Waals surface area contributed by atoms with Gasteiger partial charge < -0.3 is 5.11 Å². The Bertz CT molecular complexity index is 670. The Morgan fingerprint density at radius 1 is 1.29 bits per heavy atom. The third-order valence-electron chi connectivity index (χ3n) is 4.67. The van der Waals surface area contributed by atoms with Crippen LogP contribution in [0.1, 0.15) is 24.9 Å². The lowest BCUT2D eigenvalue weighted by Gasteiger charge is -2.33. The lowest BCUT2D eigenvalue weighted by molar-refractivity contribution is -0.142. The molecule has 6 heteroatoms. The predicted molar refractivity (Wildman–Crippen MR) is 77.7 cm³/mol. The van der Waals surface area contributed by atoms with Crippen LogP contribution in [0.3, 0.4) is 0 Å². The average Bonchev–Trinajstić information content (AvgIpc) is 2.81. The summed E-state index contributed by atoms with van der Waals surface area (Å²) in [7, 11) is -3.19. The highest BCUT2D eigenvalue weighted by Crippen LogP contribution is 2.39. The number of benzene rings is 1. The van der Waals surface area contributed by atoms with Crippen LogP contribution in [0.15, 0.2) is 29.2 Å². The number of fused-ring (bicyclic) bond motifs is 1. The Balaban J connectivity index is 1.93. The number of aliphatic carboxylic acids is 1. The molecular weight excluding hydrogens is 290 g/mol. The molecule has 1 aromatic carbocycles. The van der Waals surface area contributed by atoms with Gasteiger partial charge in [0.05, 0.1) is 16.6 Å². The van der Waals surface area contributed by atoms with Gasteiger partial charge in [0.2, 0.25) is 0 Å². The van der Waals surface area contributed by atoms with Crippen LogP contribution in [-0.4, -0.2) is 43.2 Å². The van der Waals surface area contributed by atoms with Crippen molar-refractivity contribution in [2.45, 2.75) is 24.3 Å². The van der Waals surface area contributed by atoms with Gasteiger partial charge in [-0.2, -0.15) is 0 Å². The topological polar surface area (TPSA) is 74.7 Å². The summed E-state index contributed by atoms with van der Waals surface area (Å²) in [5, 5.41) is 9.26. The van der Waals surface area contributed by atoms with Gasteiger partial charge in [-0.1, -0.05) is 25.1 Å². The fraction of sp³-hybridized carbons (Fsp3) is 0.533. The fourth-order valence-electron chi connectivity index (χ4n) is 3.53. The molecule has 3 unspecified atom stereocenters. The molecule has 5 nitrogen and oxygen atoms in total. The van der Waals surface area contributed by atoms with Gasteiger partial charge in [0.1, 0.15) is 0 Å². The second-order valence-electron chi connectivity index (χ2n) is 6.04. The van der Waals surface area contributed by atoms with E-state index in [0.29, 0.717) is 24.4 Å². The van der Waals surface area contributed by atoms with Crippen molar-refractivity contribution in [1.82, 2.24) is 4.90 Å². The highest BCUT2D eigenvalue weighted by atomic mass is 32.2. The van der Waals surface area contributed by atoms with E-state index in [2.05, 4.69) is 4.90 Å². The molecule has 21 heavy (non-hydrogen) atoms. The third-order valence-corrected chi connectivity index (χ3v) is 6.49. The van der Waals surface area contributed by atoms with E-state index in [1.54, 1.807) is 12.1 Å². The molecule has 1 aromatic rings. The summed E-state index contributed by atoms with van der Waals surface area (Å²) in [6, 6.07) is 7.11. The monoisotopic (exact) mass is 309 g/mol. The van der Waals surface area contributed by atoms with E-state index in [-0.39, 0.29) is 23.6 Å². The first-order valence-corrected chi connectivity index (χ1v) is 8.84. The lowest BCUT2D eigenvalue weighted by Crippen LogP contribution is -2.33. The number of carbonyl (C=O) groups is 1. The maximum Gasteiger partial charge on any atom is 0.308 e. The van der Waals surface area contributed by atoms with Crippen molar-refractivity contribution in [3.05, 3.63) is 29.8 Å². The van der Waals surface area contributed by atoms with E-state index in [4.69, 9.17) is 0 Å². The molecule has 2 aliphatic heterocycles. The van der Waals surface area contributed by atoms with Crippen molar-refractivity contribution in [1.29, 1.82) is 0 Å². The number of carboxylic acids is 1. The summed E-state index contributed by atoms with van der Waals surface area (Å²) < 4.78 is 24.3. The SMILES string of the molecule is CC1CN(C2CCS(=O)(=O)c3ccccc32)CC1C(=O)O. The van der Waals surface area contributed by atoms with Gasteiger partial charge in [-0.25, -0.2) is 8.42 Å². The molecular formula is C15H19NO4S. The van der Waals surface area contributed by atoms with Gasteiger partial charge in [0.15, 0.2) is 9.84 Å². The number of nitrogens with zero attached hydrogens (tertiary/aromatic N) is 1. The standard InChI is InChI=1S/C15H19NO4S/c1-10-8-16(9-12(10)15(17)18)13-6-7-21(19,20)14-5-3-2-4-11(13)14/h2-5,10,12-13H,6-9H2,1H3,(H,17,18). The molecule has 0 saturated carbocycles. The smallest absolute Gasteiger partial charge is 0.308 e. The van der Waals surface area contributed by atoms with Gasteiger partial charge in [-0.15, -0.1) is 0 Å². The highest BCUT2D eigenvalue weighted by molar-refractivity contribution is 7.91. The molecule has 1 N–H and O–H groups in total. The number of carboxylic acid groups (broad SMARTS) is 1. The lowest BCUT2D eigenvalue weighted by atomic mass is 9.99. The van der Waals surface area contributed by atoms with Crippen molar-refractivity contribution in [3.8, 4) is 0 Å². The molecule has 0 amide bonds. The number of rotatable bonds is 2. The Kier molecular flexibility index (Phi) is 3.53. The molecule has 1 fully saturated rings. The Morgan fingerprint density at radius 2 is 2.00 bits per heavy atom. The van der Waals surface area contributed by atoms with Crippen LogP contribution in [0, 0.1) is 11.8 Å². The largest absolute Gasteiger partial charge is 0.481 e. The Hall–Kier alpha value is -1.40. The first-order valence-electron chi connectivity index (χ1n) is 7.18. The molecule has 3 atom stereocenters. The third kappa shape index (κ3) is 2.46. The minimum absolute atomic E-state index is 0.0107. The fourth-order valence-corrected chi connectivity index (χ4v) is 5.13. The first-order chi connectivity index (χ1) is 9.90. The second-order valence-corrected chi connectivity index (χ2v) is 8.11. The second kappa shape index (κ2) is 5.10. The summed E-state index contributed by atoms with van der Waals surface area (Å²) >= 11 is 0. The zero-order chi connectivity index (χ0) is 15.2. The van der Waals surface area contributed by atoms with Crippen LogP contribution >= 0.6 is 0 Å². The van der Waals surface area contributed by atoms with Crippen LogP contribution < -0.4 is 0 Å². The number of hydrogen-bond acceptors (Lipinski definition) is 4. The molecule has 2 heterocycles. The summed E-state index contributed by atoms with van der Waals surface area (Å²) in [4.78, 5) is 13.8. The molecule has 2 aliphatic rings. The number of likely N-dealkylation sites (tertiary alicyclic amines) is 1. The van der Waals surface area contributed by atoms with Crippen molar-refractivity contribution in [3.63, 3.8) is 0 Å². The Labute approximate surface area is 124 Å². The minimum atomic E-state index is -3.19. The van der Waals surface area contributed by atoms with E-state index in [1.165, 1.54) is 0 Å². The van der Waals surface area contributed by atoms with Gasteiger partial charge in [0.25, 0.3) is 0 Å². The maximum absolute atomic E-state index is 12.2. The number of hydrogen-bond donors (Lipinski definition) is 1. The van der Waals surface area contributed by atoms with Gasteiger partial charge in [0, 0.05) is 19.1 Å². The van der Waals surface area contributed by atoms with Crippen LogP contribution in [0.2, 0.25) is 0 Å². The number of sulfone groups is 1. The summed E-state index contributed by atoms with van der Waals surface area (Å²) in [6.07, 6.45) is 0.540. The quantitative estimate of drug-likeness (QED) is 0.897. The molecule has 3 rings (SSSR count). The van der Waals surface area contributed by atoms with E-state index < -0.39 is 15.8 Å². The molecule has 0 aromatic heterocycles. The molecule has 0 bridgehead atoms. The summed E-state index contributed by atoms with van der Waals surface area (Å²) in [5.74, 6) is -0.900. The van der Waals surface area contributed by atoms with Gasteiger partial charge >= 0.3 is 5.97 Å². The molecule has 0 radical (unpaired) electrons. The molecule has 1 saturated heterocycles. The molecule has 0 aliphatic carbocycles. The van der Waals surface area contributed by atoms with Crippen molar-refractivity contribution in [2.24, 2.45) is 11.8 Å². The molecule has 114 valence electrons. The van der Waals surface area contributed by atoms with E-state index in [0.717, 1.165) is 5.56 Å². The zero-order valence-electron chi connectivity index (χ0n) is 11.9. The van der Waals surface area contributed by atoms with Crippen molar-refractivity contribution >= 4 is 15.8 Å². The maximum atomic E-state index is 12.2. The average molecular weight is 309 g/mol. The van der Waals surface area contributed by atoms with Crippen LogP contribution in [0.5, 0.6) is 0 Å². The van der Waals surface area contributed by atoms with Crippen LogP contribution in [0.25, 0.3) is 0 Å². The van der Waals surface area contributed by atoms with E-state index in [1.807, 2.05) is 19.1 Å². The minimum Gasteiger partial charge on any atom is -0.481 e. The van der Waals surface area contributed by atoms with Crippen molar-refractivity contribution < 1.29 is 18.3 Å². The summed E-state index contributed by atoms with van der Waals surface area (Å²) in [5.41, 5.74) is 0.821. The van der Waals surface area contributed by atoms with E-state index in [9.17, 15) is 18.3 Å². The van der Waals surface area contributed by atoms with E-state index >= 15 is 0 Å². The first kappa shape index (κ1) is 14.5. The summed E-state index contributed by atoms with van der Waals surface area (Å²) in [6.45, 7) is 3.15. The van der Waals surface area contributed by atoms with Gasteiger partial charge in [-0.05, 0) is 24.0 Å². The normalized spacial score (nSPS) is 31.8. The Morgan fingerprint density at radius 3 is 2.67 bits per heavy atom. The van der Waals surface area contributed by atoms with Crippen LogP contribution in [0.4, 0.5) is 0 Å². The van der Waals surface area contributed by atoms with Crippen molar-refractivity contribution in [2.75, 3.05) is 18.8 Å². The molecule has 0 spiro atoms. The predicted octanol–water partition coefficient (Wildman–Crippen LogP) is 1.56. The zero-order valence-corrected chi connectivity index (χ0v) is 12.7. The highest BCUT2D eigenvalue weighted by Gasteiger charge is 2.41.